The maximum Gasteiger partial charge on any atom is 0.274 e. The van der Waals surface area contributed by atoms with Crippen LogP contribution < -0.4 is 5.56 Å². The summed E-state index contributed by atoms with van der Waals surface area (Å²) in [5, 5.41) is 6.76. The Morgan fingerprint density at radius 2 is 2.26 bits per heavy atom. The van der Waals surface area contributed by atoms with Crippen molar-refractivity contribution in [3.63, 3.8) is 0 Å². The molecule has 0 fully saturated rings. The first-order chi connectivity index (χ1) is 9.11. The van der Waals surface area contributed by atoms with E-state index in [-0.39, 0.29) is 17.2 Å². The number of carbonyl (C=O) groups is 1. The third-order valence-corrected chi connectivity index (χ3v) is 3.35. The number of hydrogen-bond acceptors (Lipinski definition) is 5. The first-order valence-electron chi connectivity index (χ1n) is 5.84. The van der Waals surface area contributed by atoms with Gasteiger partial charge in [0.1, 0.15) is 10.7 Å². The molecule has 2 aromatic rings. The van der Waals surface area contributed by atoms with Crippen LogP contribution in [0.15, 0.2) is 28.5 Å². The predicted octanol–water partition coefficient (Wildman–Crippen LogP) is 0.992. The third kappa shape index (κ3) is 3.05. The molecular weight excluding hydrogens is 264 g/mol. The van der Waals surface area contributed by atoms with Gasteiger partial charge in [-0.15, -0.1) is 11.3 Å². The lowest BCUT2D eigenvalue weighted by atomic mass is 10.3. The second kappa shape index (κ2) is 5.75. The van der Waals surface area contributed by atoms with Crippen LogP contribution in [0.3, 0.4) is 0 Å². The van der Waals surface area contributed by atoms with E-state index in [1.165, 1.54) is 33.1 Å². The molecule has 0 saturated heterocycles. The molecule has 0 atom stereocenters. The van der Waals surface area contributed by atoms with Crippen molar-refractivity contribution in [2.75, 3.05) is 7.05 Å². The minimum absolute atomic E-state index is 0.207. The molecule has 0 spiro atoms. The van der Waals surface area contributed by atoms with Gasteiger partial charge >= 0.3 is 0 Å². The molecule has 7 heteroatoms. The first kappa shape index (κ1) is 13.4. The highest BCUT2D eigenvalue weighted by molar-refractivity contribution is 7.09. The van der Waals surface area contributed by atoms with Crippen molar-refractivity contribution in [3.05, 3.63) is 44.8 Å². The molecule has 0 saturated carbocycles. The fourth-order valence-electron chi connectivity index (χ4n) is 1.59. The molecule has 0 radical (unpaired) electrons. The zero-order chi connectivity index (χ0) is 13.8. The molecule has 0 bridgehead atoms. The Labute approximate surface area is 114 Å². The number of hydrogen-bond donors (Lipinski definition) is 0. The van der Waals surface area contributed by atoms with Crippen LogP contribution in [0, 0.1) is 0 Å². The second-order valence-electron chi connectivity index (χ2n) is 3.96. The van der Waals surface area contributed by atoms with Crippen LogP contribution in [0.2, 0.25) is 0 Å². The van der Waals surface area contributed by atoms with Gasteiger partial charge in [-0.3, -0.25) is 9.59 Å². The summed E-state index contributed by atoms with van der Waals surface area (Å²) in [5.41, 5.74) is 0.0575. The van der Waals surface area contributed by atoms with E-state index in [9.17, 15) is 9.59 Å². The van der Waals surface area contributed by atoms with Crippen LogP contribution in [-0.2, 0) is 13.1 Å². The van der Waals surface area contributed by atoms with Gasteiger partial charge in [0.05, 0.1) is 6.54 Å². The van der Waals surface area contributed by atoms with Gasteiger partial charge in [0.15, 0.2) is 0 Å². The minimum Gasteiger partial charge on any atom is -0.334 e. The normalized spacial score (nSPS) is 10.4. The molecule has 0 N–H and O–H groups in total. The minimum atomic E-state index is -0.225. The van der Waals surface area contributed by atoms with E-state index in [1.54, 1.807) is 13.2 Å². The highest BCUT2D eigenvalue weighted by atomic mass is 32.1. The molecule has 100 valence electrons. The fraction of sp³-hybridized carbons (Fsp3) is 0.333. The molecule has 2 heterocycles. The van der Waals surface area contributed by atoms with Crippen molar-refractivity contribution >= 4 is 17.2 Å². The maximum atomic E-state index is 12.2. The molecule has 0 unspecified atom stereocenters. The predicted molar refractivity (Wildman–Crippen MR) is 72.1 cm³/mol. The van der Waals surface area contributed by atoms with E-state index in [0.29, 0.717) is 13.1 Å². The van der Waals surface area contributed by atoms with Crippen LogP contribution in [0.1, 0.15) is 22.4 Å². The molecule has 0 aliphatic rings. The highest BCUT2D eigenvalue weighted by Crippen LogP contribution is 2.08. The van der Waals surface area contributed by atoms with Gasteiger partial charge in [-0.2, -0.15) is 5.10 Å². The Kier molecular flexibility index (Phi) is 4.06. The zero-order valence-electron chi connectivity index (χ0n) is 10.7. The lowest BCUT2D eigenvalue weighted by Crippen LogP contribution is -2.30. The number of carbonyl (C=O) groups excluding carboxylic acids is 1. The summed E-state index contributed by atoms with van der Waals surface area (Å²) in [5.74, 6) is -0.225. The summed E-state index contributed by atoms with van der Waals surface area (Å²) in [4.78, 5) is 29.3. The number of aromatic nitrogens is 3. The summed E-state index contributed by atoms with van der Waals surface area (Å²) in [6.45, 7) is 2.68. The van der Waals surface area contributed by atoms with E-state index < -0.39 is 0 Å². The van der Waals surface area contributed by atoms with Gasteiger partial charge in [0.2, 0.25) is 0 Å². The van der Waals surface area contributed by atoms with Gasteiger partial charge in [0.25, 0.3) is 11.5 Å². The standard InChI is InChI=1S/C12H14N4O2S/c1-3-16-11(17)5-4-9(14-16)12(18)15(2)8-10-13-6-7-19-10/h4-7H,3,8H2,1-2H3. The number of thiazole rings is 1. The number of rotatable bonds is 4. The Balaban J connectivity index is 2.17. The lowest BCUT2D eigenvalue weighted by molar-refractivity contribution is 0.0776. The Morgan fingerprint density at radius 1 is 1.47 bits per heavy atom. The van der Waals surface area contributed by atoms with E-state index in [1.807, 2.05) is 12.3 Å². The third-order valence-electron chi connectivity index (χ3n) is 2.59. The molecule has 2 aromatic heterocycles. The second-order valence-corrected chi connectivity index (χ2v) is 4.94. The molecule has 19 heavy (non-hydrogen) atoms. The van der Waals surface area contributed by atoms with E-state index in [4.69, 9.17) is 0 Å². The number of nitrogens with zero attached hydrogens (tertiary/aromatic N) is 4. The Bertz CT molecular complexity index is 621. The summed E-state index contributed by atoms with van der Waals surface area (Å²) in [6.07, 6.45) is 1.70. The topological polar surface area (TPSA) is 68.1 Å². The van der Waals surface area contributed by atoms with Crippen molar-refractivity contribution in [2.24, 2.45) is 0 Å². The average Bonchev–Trinajstić information content (AvgIpc) is 2.91. The Hall–Kier alpha value is -2.02. The van der Waals surface area contributed by atoms with Gasteiger partial charge in [0, 0.05) is 31.2 Å². The molecule has 2 rings (SSSR count). The van der Waals surface area contributed by atoms with Crippen LogP contribution in [-0.4, -0.2) is 32.6 Å². The van der Waals surface area contributed by atoms with Gasteiger partial charge in [-0.1, -0.05) is 0 Å². The van der Waals surface area contributed by atoms with Crippen molar-refractivity contribution < 1.29 is 4.79 Å². The number of amides is 1. The Morgan fingerprint density at radius 3 is 2.89 bits per heavy atom. The van der Waals surface area contributed by atoms with E-state index in [0.717, 1.165) is 5.01 Å². The van der Waals surface area contributed by atoms with Crippen molar-refractivity contribution in [1.82, 2.24) is 19.7 Å². The fourth-order valence-corrected chi connectivity index (χ4v) is 2.26. The average molecular weight is 278 g/mol. The molecule has 0 aliphatic heterocycles. The van der Waals surface area contributed by atoms with Crippen LogP contribution in [0.4, 0.5) is 0 Å². The largest absolute Gasteiger partial charge is 0.334 e. The van der Waals surface area contributed by atoms with Gasteiger partial charge in [-0.05, 0) is 13.0 Å². The summed E-state index contributed by atoms with van der Waals surface area (Å²) in [6, 6.07) is 2.82. The molecule has 0 aromatic carbocycles. The van der Waals surface area contributed by atoms with Crippen molar-refractivity contribution in [1.29, 1.82) is 0 Å². The van der Waals surface area contributed by atoms with Crippen molar-refractivity contribution in [2.45, 2.75) is 20.0 Å². The summed E-state index contributed by atoms with van der Waals surface area (Å²) >= 11 is 1.49. The summed E-state index contributed by atoms with van der Waals surface area (Å²) in [7, 11) is 1.69. The number of aryl methyl sites for hydroxylation is 1. The molecular formula is C12H14N4O2S. The first-order valence-corrected chi connectivity index (χ1v) is 6.71. The molecule has 1 amide bonds. The van der Waals surface area contributed by atoms with Gasteiger partial charge < -0.3 is 4.90 Å². The van der Waals surface area contributed by atoms with Crippen LogP contribution in [0.5, 0.6) is 0 Å². The SMILES string of the molecule is CCn1nc(C(=O)N(C)Cc2nccs2)ccc1=O. The van der Waals surface area contributed by atoms with Crippen molar-refractivity contribution in [3.8, 4) is 0 Å². The monoisotopic (exact) mass is 278 g/mol. The molecule has 0 aliphatic carbocycles. The quantitative estimate of drug-likeness (QED) is 0.836. The molecule has 6 nitrogen and oxygen atoms in total. The summed E-state index contributed by atoms with van der Waals surface area (Å²) < 4.78 is 1.27. The van der Waals surface area contributed by atoms with Crippen LogP contribution >= 0.6 is 11.3 Å². The lowest BCUT2D eigenvalue weighted by Gasteiger charge is -2.15. The maximum absolute atomic E-state index is 12.2. The van der Waals surface area contributed by atoms with E-state index >= 15 is 0 Å². The zero-order valence-corrected chi connectivity index (χ0v) is 11.6. The highest BCUT2D eigenvalue weighted by Gasteiger charge is 2.15. The van der Waals surface area contributed by atoms with E-state index in [2.05, 4.69) is 10.1 Å². The van der Waals surface area contributed by atoms with Crippen LogP contribution in [0.25, 0.3) is 0 Å². The smallest absolute Gasteiger partial charge is 0.274 e. The van der Waals surface area contributed by atoms with Gasteiger partial charge in [-0.25, -0.2) is 9.67 Å².